The summed E-state index contributed by atoms with van der Waals surface area (Å²) in [6.07, 6.45) is 3.75. The fourth-order valence-electron chi connectivity index (χ4n) is 2.58. The minimum absolute atomic E-state index is 0.146. The predicted octanol–water partition coefficient (Wildman–Crippen LogP) is 2.05. The maximum atomic E-state index is 12.3. The van der Waals surface area contributed by atoms with Crippen molar-refractivity contribution in [1.29, 1.82) is 0 Å². The third-order valence-electron chi connectivity index (χ3n) is 3.76. The molecular formula is C13H17NO2S. The maximum Gasteiger partial charge on any atom is 0.181 e. The van der Waals surface area contributed by atoms with Crippen LogP contribution in [-0.4, -0.2) is 20.2 Å². The van der Waals surface area contributed by atoms with E-state index in [1.54, 1.807) is 12.1 Å². The zero-order chi connectivity index (χ0) is 11.9. The van der Waals surface area contributed by atoms with E-state index in [0.29, 0.717) is 10.9 Å². The molecule has 1 heterocycles. The Hall–Kier alpha value is -0.870. The number of sulfone groups is 1. The zero-order valence-electron chi connectivity index (χ0n) is 9.72. The van der Waals surface area contributed by atoms with Gasteiger partial charge in [0, 0.05) is 12.6 Å². The van der Waals surface area contributed by atoms with Gasteiger partial charge in [0.1, 0.15) is 0 Å². The first-order chi connectivity index (χ1) is 8.18. The van der Waals surface area contributed by atoms with Crippen molar-refractivity contribution < 1.29 is 8.42 Å². The standard InChI is InChI=1S/C13H17NO2S/c15-17(16,11-3-1-2-4-11)12-7-5-10(6-8-12)13-9-14-13/h5-8,11,13-14H,1-4,9H2. The molecule has 2 fully saturated rings. The van der Waals surface area contributed by atoms with Crippen LogP contribution in [0.2, 0.25) is 0 Å². The molecule has 0 spiro atoms. The minimum Gasteiger partial charge on any atom is -0.307 e. The first-order valence-corrected chi connectivity index (χ1v) is 7.80. The summed E-state index contributed by atoms with van der Waals surface area (Å²) < 4.78 is 24.6. The molecule has 1 N–H and O–H groups in total. The van der Waals surface area contributed by atoms with Crippen LogP contribution in [0.25, 0.3) is 0 Å². The molecule has 1 unspecified atom stereocenters. The van der Waals surface area contributed by atoms with Crippen LogP contribution < -0.4 is 5.32 Å². The van der Waals surface area contributed by atoms with Gasteiger partial charge in [0.25, 0.3) is 0 Å². The molecule has 92 valence electrons. The van der Waals surface area contributed by atoms with Crippen LogP contribution in [0.3, 0.4) is 0 Å². The summed E-state index contributed by atoms with van der Waals surface area (Å²) in [6, 6.07) is 7.85. The Bertz CT molecular complexity index is 497. The highest BCUT2D eigenvalue weighted by Crippen LogP contribution is 2.30. The highest BCUT2D eigenvalue weighted by Gasteiger charge is 2.30. The van der Waals surface area contributed by atoms with Crippen molar-refractivity contribution in [2.75, 3.05) is 6.54 Å². The van der Waals surface area contributed by atoms with E-state index in [0.717, 1.165) is 32.2 Å². The van der Waals surface area contributed by atoms with Crippen molar-refractivity contribution in [3.63, 3.8) is 0 Å². The number of nitrogens with one attached hydrogen (secondary N) is 1. The van der Waals surface area contributed by atoms with Crippen LogP contribution in [0.15, 0.2) is 29.2 Å². The maximum absolute atomic E-state index is 12.3. The van der Waals surface area contributed by atoms with Crippen LogP contribution in [-0.2, 0) is 9.84 Å². The first-order valence-electron chi connectivity index (χ1n) is 6.25. The van der Waals surface area contributed by atoms with Gasteiger partial charge in [-0.25, -0.2) is 8.42 Å². The zero-order valence-corrected chi connectivity index (χ0v) is 10.5. The van der Waals surface area contributed by atoms with E-state index < -0.39 is 9.84 Å². The van der Waals surface area contributed by atoms with Crippen LogP contribution in [0.4, 0.5) is 0 Å². The molecule has 0 bridgehead atoms. The molecule has 0 aromatic heterocycles. The van der Waals surface area contributed by atoms with Crippen LogP contribution in [0.1, 0.15) is 37.3 Å². The van der Waals surface area contributed by atoms with E-state index in [-0.39, 0.29) is 5.25 Å². The van der Waals surface area contributed by atoms with Crippen LogP contribution >= 0.6 is 0 Å². The molecule has 1 saturated carbocycles. The third kappa shape index (κ3) is 2.11. The molecule has 0 radical (unpaired) electrons. The lowest BCUT2D eigenvalue weighted by atomic mass is 10.2. The smallest absolute Gasteiger partial charge is 0.181 e. The summed E-state index contributed by atoms with van der Waals surface area (Å²) in [4.78, 5) is 0.494. The van der Waals surface area contributed by atoms with E-state index in [4.69, 9.17) is 0 Å². The SMILES string of the molecule is O=S(=O)(c1ccc(C2CN2)cc1)C1CCCC1. The topological polar surface area (TPSA) is 56.1 Å². The number of hydrogen-bond acceptors (Lipinski definition) is 3. The van der Waals surface area contributed by atoms with E-state index in [1.807, 2.05) is 12.1 Å². The molecule has 17 heavy (non-hydrogen) atoms. The first kappa shape index (κ1) is 11.2. The number of rotatable bonds is 3. The Morgan fingerprint density at radius 1 is 1.06 bits per heavy atom. The van der Waals surface area contributed by atoms with Crippen molar-refractivity contribution in [2.24, 2.45) is 0 Å². The average molecular weight is 251 g/mol. The summed E-state index contributed by atoms with van der Waals surface area (Å²) in [5.74, 6) is 0. The van der Waals surface area contributed by atoms with E-state index in [1.165, 1.54) is 5.56 Å². The molecule has 1 aromatic carbocycles. The Balaban J connectivity index is 1.86. The fraction of sp³-hybridized carbons (Fsp3) is 0.538. The largest absolute Gasteiger partial charge is 0.307 e. The fourth-order valence-corrected chi connectivity index (χ4v) is 4.43. The van der Waals surface area contributed by atoms with Gasteiger partial charge in [0.15, 0.2) is 9.84 Å². The molecule has 1 saturated heterocycles. The molecule has 0 amide bonds. The van der Waals surface area contributed by atoms with Gasteiger partial charge in [0.2, 0.25) is 0 Å². The second-order valence-corrected chi connectivity index (χ2v) is 7.21. The quantitative estimate of drug-likeness (QED) is 0.836. The van der Waals surface area contributed by atoms with Gasteiger partial charge in [-0.3, -0.25) is 0 Å². The molecule has 3 rings (SSSR count). The molecule has 1 aliphatic carbocycles. The summed E-state index contributed by atoms with van der Waals surface area (Å²) in [6.45, 7) is 1.01. The summed E-state index contributed by atoms with van der Waals surface area (Å²) in [5, 5.41) is 3.07. The third-order valence-corrected chi connectivity index (χ3v) is 6.04. The van der Waals surface area contributed by atoms with Crippen molar-refractivity contribution in [3.05, 3.63) is 29.8 Å². The van der Waals surface area contributed by atoms with Gasteiger partial charge in [-0.1, -0.05) is 25.0 Å². The van der Waals surface area contributed by atoms with Gasteiger partial charge in [-0.15, -0.1) is 0 Å². The lowest BCUT2D eigenvalue weighted by molar-refractivity contribution is 0.579. The molecule has 2 aliphatic rings. The molecule has 1 aromatic rings. The van der Waals surface area contributed by atoms with Gasteiger partial charge < -0.3 is 5.32 Å². The number of benzene rings is 1. The molecule has 4 heteroatoms. The van der Waals surface area contributed by atoms with E-state index in [2.05, 4.69) is 5.32 Å². The molecule has 3 nitrogen and oxygen atoms in total. The van der Waals surface area contributed by atoms with Gasteiger partial charge in [0.05, 0.1) is 10.1 Å². The summed E-state index contributed by atoms with van der Waals surface area (Å²) in [5.41, 5.74) is 1.19. The van der Waals surface area contributed by atoms with E-state index in [9.17, 15) is 8.42 Å². The van der Waals surface area contributed by atoms with E-state index >= 15 is 0 Å². The highest BCUT2D eigenvalue weighted by molar-refractivity contribution is 7.92. The van der Waals surface area contributed by atoms with Crippen LogP contribution in [0, 0.1) is 0 Å². The normalized spacial score (nSPS) is 25.1. The van der Waals surface area contributed by atoms with Crippen molar-refractivity contribution >= 4 is 9.84 Å². The predicted molar refractivity (Wildman–Crippen MR) is 66.6 cm³/mol. The monoisotopic (exact) mass is 251 g/mol. The molecular weight excluding hydrogens is 234 g/mol. The summed E-state index contributed by atoms with van der Waals surface area (Å²) >= 11 is 0. The van der Waals surface area contributed by atoms with Gasteiger partial charge in [-0.2, -0.15) is 0 Å². The van der Waals surface area contributed by atoms with Crippen molar-refractivity contribution in [3.8, 4) is 0 Å². The van der Waals surface area contributed by atoms with Crippen molar-refractivity contribution in [2.45, 2.75) is 41.9 Å². The summed E-state index contributed by atoms with van der Waals surface area (Å²) in [7, 11) is -3.08. The molecule has 1 atom stereocenters. The molecule has 1 aliphatic heterocycles. The van der Waals surface area contributed by atoms with Crippen molar-refractivity contribution in [1.82, 2.24) is 5.32 Å². The Morgan fingerprint density at radius 2 is 1.65 bits per heavy atom. The number of hydrogen-bond donors (Lipinski definition) is 1. The Morgan fingerprint density at radius 3 is 2.18 bits per heavy atom. The minimum atomic E-state index is -3.08. The Kier molecular flexibility index (Phi) is 2.71. The highest BCUT2D eigenvalue weighted by atomic mass is 32.2. The lowest BCUT2D eigenvalue weighted by Crippen LogP contribution is -2.17. The average Bonchev–Trinajstić information content (AvgIpc) is 3.03. The lowest BCUT2D eigenvalue weighted by Gasteiger charge is -2.11. The Labute approximate surface area is 102 Å². The van der Waals surface area contributed by atoms with Gasteiger partial charge >= 0.3 is 0 Å². The van der Waals surface area contributed by atoms with Crippen LogP contribution in [0.5, 0.6) is 0 Å². The second-order valence-electron chi connectivity index (χ2n) is 4.98. The van der Waals surface area contributed by atoms with Gasteiger partial charge in [-0.05, 0) is 30.5 Å². The second kappa shape index (κ2) is 4.10.